The van der Waals surface area contributed by atoms with Crippen LogP contribution in [0.15, 0.2) is 24.3 Å². The summed E-state index contributed by atoms with van der Waals surface area (Å²) < 4.78 is 12.9. The number of rotatable bonds is 3. The van der Waals surface area contributed by atoms with Crippen LogP contribution >= 0.6 is 0 Å². The summed E-state index contributed by atoms with van der Waals surface area (Å²) in [6, 6.07) is 6.21. The molecule has 1 heterocycles. The quantitative estimate of drug-likeness (QED) is 0.796. The van der Waals surface area contributed by atoms with E-state index in [9.17, 15) is 4.39 Å². The molecule has 1 aromatic carbocycles. The summed E-state index contributed by atoms with van der Waals surface area (Å²) in [4.78, 5) is 4.22. The predicted octanol–water partition coefficient (Wildman–Crippen LogP) is 1.33. The molecule has 0 aliphatic heterocycles. The molecule has 2 rings (SSSR count). The molecule has 0 radical (unpaired) electrons. The van der Waals surface area contributed by atoms with Gasteiger partial charge < -0.3 is 5.32 Å². The molecule has 0 spiro atoms. The van der Waals surface area contributed by atoms with Crippen LogP contribution in [0.3, 0.4) is 0 Å². The molecule has 0 aliphatic carbocycles. The van der Waals surface area contributed by atoms with Crippen LogP contribution in [-0.4, -0.2) is 22.2 Å². The van der Waals surface area contributed by atoms with Crippen LogP contribution in [-0.2, 0) is 6.54 Å². The topological polar surface area (TPSA) is 53.6 Å². The van der Waals surface area contributed by atoms with Crippen molar-refractivity contribution in [1.82, 2.24) is 20.5 Å². The first kappa shape index (κ1) is 9.79. The van der Waals surface area contributed by atoms with Gasteiger partial charge in [-0.15, -0.1) is 0 Å². The van der Waals surface area contributed by atoms with Crippen LogP contribution in [0.1, 0.15) is 5.82 Å². The highest BCUT2D eigenvalue weighted by atomic mass is 19.1. The Balaban J connectivity index is 2.29. The first-order valence-corrected chi connectivity index (χ1v) is 4.61. The van der Waals surface area contributed by atoms with Gasteiger partial charge in [0.25, 0.3) is 0 Å². The maximum absolute atomic E-state index is 12.9. The fourth-order valence-corrected chi connectivity index (χ4v) is 1.30. The van der Waals surface area contributed by atoms with Gasteiger partial charge >= 0.3 is 0 Å². The summed E-state index contributed by atoms with van der Waals surface area (Å²) in [6.45, 7) is 0.613. The van der Waals surface area contributed by atoms with Gasteiger partial charge in [-0.2, -0.15) is 5.10 Å². The second kappa shape index (κ2) is 4.18. The van der Waals surface area contributed by atoms with E-state index < -0.39 is 0 Å². The molecule has 0 bridgehead atoms. The second-order valence-corrected chi connectivity index (χ2v) is 3.15. The number of aromatic nitrogens is 3. The fraction of sp³-hybridized carbons (Fsp3) is 0.200. The Labute approximate surface area is 86.6 Å². The van der Waals surface area contributed by atoms with E-state index in [4.69, 9.17) is 0 Å². The largest absolute Gasteiger partial charge is 0.313 e. The van der Waals surface area contributed by atoms with Crippen molar-refractivity contribution in [3.8, 4) is 11.4 Å². The van der Waals surface area contributed by atoms with E-state index in [2.05, 4.69) is 20.5 Å². The van der Waals surface area contributed by atoms with E-state index in [1.54, 1.807) is 12.1 Å². The zero-order valence-electron chi connectivity index (χ0n) is 8.29. The minimum absolute atomic E-state index is 0.285. The minimum Gasteiger partial charge on any atom is -0.313 e. The Morgan fingerprint density at radius 3 is 3.07 bits per heavy atom. The normalized spacial score (nSPS) is 10.5. The molecule has 2 aromatic rings. The van der Waals surface area contributed by atoms with Crippen LogP contribution in [0.4, 0.5) is 4.39 Å². The van der Waals surface area contributed by atoms with E-state index in [-0.39, 0.29) is 5.82 Å². The molecule has 0 unspecified atom stereocenters. The van der Waals surface area contributed by atoms with E-state index >= 15 is 0 Å². The first-order chi connectivity index (χ1) is 7.29. The Morgan fingerprint density at radius 2 is 2.33 bits per heavy atom. The highest BCUT2D eigenvalue weighted by Gasteiger charge is 2.05. The summed E-state index contributed by atoms with van der Waals surface area (Å²) in [5, 5.41) is 9.73. The molecule has 0 fully saturated rings. The lowest BCUT2D eigenvalue weighted by atomic mass is 10.2. The molecule has 1 aromatic heterocycles. The smallest absolute Gasteiger partial charge is 0.181 e. The molecule has 0 aliphatic rings. The van der Waals surface area contributed by atoms with Crippen molar-refractivity contribution in [1.29, 1.82) is 0 Å². The van der Waals surface area contributed by atoms with Gasteiger partial charge in [-0.25, -0.2) is 9.37 Å². The third kappa shape index (κ3) is 2.19. The van der Waals surface area contributed by atoms with E-state index in [1.165, 1.54) is 12.1 Å². The van der Waals surface area contributed by atoms with Gasteiger partial charge in [-0.1, -0.05) is 12.1 Å². The highest BCUT2D eigenvalue weighted by Crippen LogP contribution is 2.15. The van der Waals surface area contributed by atoms with Gasteiger partial charge in [0.2, 0.25) is 0 Å². The van der Waals surface area contributed by atoms with Crippen molar-refractivity contribution in [2.45, 2.75) is 6.54 Å². The summed E-state index contributed by atoms with van der Waals surface area (Å²) >= 11 is 0. The number of benzene rings is 1. The summed E-state index contributed by atoms with van der Waals surface area (Å²) in [5.41, 5.74) is 0.675. The molecule has 0 saturated heterocycles. The minimum atomic E-state index is -0.285. The maximum atomic E-state index is 12.9. The van der Waals surface area contributed by atoms with Gasteiger partial charge in [0.05, 0.1) is 6.54 Å². The number of aromatic amines is 1. The molecular formula is C10H11FN4. The average Bonchev–Trinajstić information content (AvgIpc) is 2.67. The third-order valence-electron chi connectivity index (χ3n) is 1.96. The van der Waals surface area contributed by atoms with Crippen LogP contribution in [0.25, 0.3) is 11.4 Å². The number of hydrogen-bond donors (Lipinski definition) is 2. The number of H-pyrrole nitrogens is 1. The van der Waals surface area contributed by atoms with Crippen LogP contribution in [0, 0.1) is 5.82 Å². The Morgan fingerprint density at radius 1 is 1.47 bits per heavy atom. The molecule has 5 heteroatoms. The summed E-state index contributed by atoms with van der Waals surface area (Å²) in [5.74, 6) is 0.962. The van der Waals surface area contributed by atoms with Crippen molar-refractivity contribution in [2.75, 3.05) is 7.05 Å². The van der Waals surface area contributed by atoms with Crippen molar-refractivity contribution < 1.29 is 4.39 Å². The summed E-state index contributed by atoms with van der Waals surface area (Å²) in [7, 11) is 1.82. The van der Waals surface area contributed by atoms with Crippen LogP contribution < -0.4 is 5.32 Å². The number of nitrogens with one attached hydrogen (secondary N) is 2. The number of nitrogens with zero attached hydrogens (tertiary/aromatic N) is 2. The summed E-state index contributed by atoms with van der Waals surface area (Å²) in [6.07, 6.45) is 0. The van der Waals surface area contributed by atoms with E-state index in [0.717, 1.165) is 5.82 Å². The lowest BCUT2D eigenvalue weighted by Crippen LogP contribution is -2.06. The van der Waals surface area contributed by atoms with Crippen molar-refractivity contribution in [3.05, 3.63) is 35.9 Å². The monoisotopic (exact) mass is 206 g/mol. The first-order valence-electron chi connectivity index (χ1n) is 4.61. The molecule has 78 valence electrons. The third-order valence-corrected chi connectivity index (χ3v) is 1.96. The van der Waals surface area contributed by atoms with E-state index in [0.29, 0.717) is 17.9 Å². The molecule has 0 atom stereocenters. The lowest BCUT2D eigenvalue weighted by molar-refractivity contribution is 0.628. The standard InChI is InChI=1S/C10H11FN4/c1-12-6-9-13-10(15-14-9)7-3-2-4-8(11)5-7/h2-5,12H,6H2,1H3,(H,13,14,15). The average molecular weight is 206 g/mol. The van der Waals surface area contributed by atoms with Gasteiger partial charge in [-0.3, -0.25) is 5.10 Å². The van der Waals surface area contributed by atoms with E-state index in [1.807, 2.05) is 7.05 Å². The zero-order chi connectivity index (χ0) is 10.7. The number of hydrogen-bond acceptors (Lipinski definition) is 3. The fourth-order valence-electron chi connectivity index (χ4n) is 1.30. The number of halogens is 1. The molecule has 2 N–H and O–H groups in total. The SMILES string of the molecule is CNCc1nc(-c2cccc(F)c2)n[nH]1. The van der Waals surface area contributed by atoms with Gasteiger partial charge in [-0.05, 0) is 19.2 Å². The van der Waals surface area contributed by atoms with Crippen LogP contribution in [0.2, 0.25) is 0 Å². The lowest BCUT2D eigenvalue weighted by Gasteiger charge is -1.94. The van der Waals surface area contributed by atoms with Gasteiger partial charge in [0.1, 0.15) is 11.6 Å². The van der Waals surface area contributed by atoms with Gasteiger partial charge in [0.15, 0.2) is 5.82 Å². The molecule has 4 nitrogen and oxygen atoms in total. The van der Waals surface area contributed by atoms with Crippen molar-refractivity contribution in [2.24, 2.45) is 0 Å². The van der Waals surface area contributed by atoms with Crippen LogP contribution in [0.5, 0.6) is 0 Å². The molecular weight excluding hydrogens is 195 g/mol. The Hall–Kier alpha value is -1.75. The Bertz CT molecular complexity index is 452. The second-order valence-electron chi connectivity index (χ2n) is 3.15. The highest BCUT2D eigenvalue weighted by molar-refractivity contribution is 5.54. The maximum Gasteiger partial charge on any atom is 0.181 e. The van der Waals surface area contributed by atoms with Crippen molar-refractivity contribution in [3.63, 3.8) is 0 Å². The van der Waals surface area contributed by atoms with Crippen molar-refractivity contribution >= 4 is 0 Å². The Kier molecular flexibility index (Phi) is 2.73. The zero-order valence-corrected chi connectivity index (χ0v) is 8.29. The molecule has 0 saturated carbocycles. The molecule has 0 amide bonds. The van der Waals surface area contributed by atoms with Gasteiger partial charge in [0, 0.05) is 5.56 Å². The predicted molar refractivity (Wildman–Crippen MR) is 54.5 cm³/mol. The molecule has 15 heavy (non-hydrogen) atoms.